The number of anilines is 1. The van der Waals surface area contributed by atoms with E-state index in [0.29, 0.717) is 29.4 Å². The summed E-state index contributed by atoms with van der Waals surface area (Å²) in [5.74, 6) is -0.125. The lowest BCUT2D eigenvalue weighted by Crippen LogP contribution is -2.32. The van der Waals surface area contributed by atoms with Crippen molar-refractivity contribution in [3.63, 3.8) is 0 Å². The topological polar surface area (TPSA) is 67.9 Å². The van der Waals surface area contributed by atoms with Crippen molar-refractivity contribution in [2.75, 3.05) is 19.0 Å². The summed E-state index contributed by atoms with van der Waals surface area (Å²) in [7, 11) is 1.57. The van der Waals surface area contributed by atoms with E-state index in [1.165, 1.54) is 29.2 Å². The highest BCUT2D eigenvalue weighted by atomic mass is 19.1. The fraction of sp³-hybridized carbons (Fsp3) is 0.154. The van der Waals surface area contributed by atoms with Crippen molar-refractivity contribution >= 4 is 23.1 Å². The molecule has 3 aromatic rings. The molecule has 168 valence electrons. The van der Waals surface area contributed by atoms with Crippen molar-refractivity contribution in [1.82, 2.24) is 4.90 Å². The molecule has 0 fully saturated rings. The summed E-state index contributed by atoms with van der Waals surface area (Å²) in [6, 6.07) is 19.8. The number of hydrogen-bond donors (Lipinski definition) is 1. The summed E-state index contributed by atoms with van der Waals surface area (Å²) >= 11 is 0. The lowest BCUT2D eigenvalue weighted by molar-refractivity contribution is -0.137. The highest BCUT2D eigenvalue weighted by Crippen LogP contribution is 2.34. The van der Waals surface area contributed by atoms with Gasteiger partial charge in [-0.2, -0.15) is 0 Å². The van der Waals surface area contributed by atoms with Crippen LogP contribution in [0.1, 0.15) is 18.1 Å². The van der Waals surface area contributed by atoms with Gasteiger partial charge in [-0.25, -0.2) is 4.39 Å². The number of nitrogens with one attached hydrogen (secondary N) is 1. The number of carbonyl (C=O) groups excluding carboxylic acids is 2. The molecule has 0 aromatic heterocycles. The van der Waals surface area contributed by atoms with Gasteiger partial charge in [0.15, 0.2) is 0 Å². The van der Waals surface area contributed by atoms with Crippen LogP contribution in [0, 0.1) is 5.82 Å². The zero-order chi connectivity index (χ0) is 23.4. The van der Waals surface area contributed by atoms with Gasteiger partial charge in [0.05, 0.1) is 31.5 Å². The maximum atomic E-state index is 13.5. The molecule has 0 saturated heterocycles. The molecular formula is C26H23FN2O4. The molecule has 2 amide bonds. The number of hydrogen-bond acceptors (Lipinski definition) is 5. The Kier molecular flexibility index (Phi) is 6.40. The molecule has 4 rings (SSSR count). The van der Waals surface area contributed by atoms with Gasteiger partial charge in [0.2, 0.25) is 0 Å². The summed E-state index contributed by atoms with van der Waals surface area (Å²) in [5.41, 5.74) is 2.07. The van der Waals surface area contributed by atoms with Gasteiger partial charge in [-0.15, -0.1) is 0 Å². The standard InChI is InChI=1S/C26H23FN2O4/c1-3-33-22-7-5-4-6-21(22)28-24-23(18-10-12-19(27)13-11-18)25(30)29(26(24)31)16-17-8-14-20(32-2)15-9-17/h4-15,28H,3,16H2,1-2H3. The second kappa shape index (κ2) is 9.56. The number of ether oxygens (including phenoxy) is 2. The second-order valence-corrected chi connectivity index (χ2v) is 7.36. The van der Waals surface area contributed by atoms with Gasteiger partial charge < -0.3 is 14.8 Å². The van der Waals surface area contributed by atoms with Gasteiger partial charge in [0, 0.05) is 0 Å². The summed E-state index contributed by atoms with van der Waals surface area (Å²) < 4.78 is 24.4. The molecule has 0 unspecified atom stereocenters. The van der Waals surface area contributed by atoms with Crippen LogP contribution in [0.2, 0.25) is 0 Å². The van der Waals surface area contributed by atoms with Crippen LogP contribution in [0.3, 0.4) is 0 Å². The Balaban J connectivity index is 1.72. The van der Waals surface area contributed by atoms with E-state index in [1.807, 2.05) is 13.0 Å². The average molecular weight is 446 g/mol. The molecule has 6 nitrogen and oxygen atoms in total. The van der Waals surface area contributed by atoms with E-state index in [-0.39, 0.29) is 17.8 Å². The lowest BCUT2D eigenvalue weighted by atomic mass is 10.0. The Morgan fingerprint density at radius 2 is 1.61 bits per heavy atom. The van der Waals surface area contributed by atoms with Crippen molar-refractivity contribution in [2.45, 2.75) is 13.5 Å². The molecule has 1 N–H and O–H groups in total. The second-order valence-electron chi connectivity index (χ2n) is 7.36. The number of halogens is 1. The SMILES string of the molecule is CCOc1ccccc1NC1=C(c2ccc(F)cc2)C(=O)N(Cc2ccc(OC)cc2)C1=O. The van der Waals surface area contributed by atoms with Crippen LogP contribution in [0.5, 0.6) is 11.5 Å². The van der Waals surface area contributed by atoms with E-state index >= 15 is 0 Å². The molecule has 0 saturated carbocycles. The molecule has 0 atom stereocenters. The molecule has 0 spiro atoms. The molecule has 3 aromatic carbocycles. The predicted octanol–water partition coefficient (Wildman–Crippen LogP) is 4.63. The first kappa shape index (κ1) is 22.1. The summed E-state index contributed by atoms with van der Waals surface area (Å²) in [4.78, 5) is 28.0. The lowest BCUT2D eigenvalue weighted by Gasteiger charge is -2.16. The van der Waals surface area contributed by atoms with Crippen LogP contribution in [-0.2, 0) is 16.1 Å². The third kappa shape index (κ3) is 4.57. The van der Waals surface area contributed by atoms with Crippen LogP contribution >= 0.6 is 0 Å². The van der Waals surface area contributed by atoms with Gasteiger partial charge in [0.1, 0.15) is 23.0 Å². The molecule has 33 heavy (non-hydrogen) atoms. The van der Waals surface area contributed by atoms with E-state index in [9.17, 15) is 14.0 Å². The summed E-state index contributed by atoms with van der Waals surface area (Å²) in [6.07, 6.45) is 0. The van der Waals surface area contributed by atoms with Crippen molar-refractivity contribution in [3.05, 3.63) is 95.4 Å². The van der Waals surface area contributed by atoms with E-state index in [2.05, 4.69) is 5.32 Å². The fourth-order valence-corrected chi connectivity index (χ4v) is 3.62. The fourth-order valence-electron chi connectivity index (χ4n) is 3.62. The summed E-state index contributed by atoms with van der Waals surface area (Å²) in [5, 5.41) is 3.10. The van der Waals surface area contributed by atoms with E-state index in [1.54, 1.807) is 49.6 Å². The largest absolute Gasteiger partial charge is 0.497 e. The van der Waals surface area contributed by atoms with Gasteiger partial charge in [-0.1, -0.05) is 36.4 Å². The quantitative estimate of drug-likeness (QED) is 0.511. The van der Waals surface area contributed by atoms with E-state index < -0.39 is 17.6 Å². The highest BCUT2D eigenvalue weighted by Gasteiger charge is 2.39. The van der Waals surface area contributed by atoms with Crippen LogP contribution in [0.25, 0.3) is 5.57 Å². The number of amides is 2. The van der Waals surface area contributed by atoms with E-state index in [4.69, 9.17) is 9.47 Å². The van der Waals surface area contributed by atoms with Crippen LogP contribution in [-0.4, -0.2) is 30.4 Å². The van der Waals surface area contributed by atoms with Gasteiger partial charge in [0.25, 0.3) is 11.8 Å². The monoisotopic (exact) mass is 446 g/mol. The first-order valence-corrected chi connectivity index (χ1v) is 10.5. The maximum Gasteiger partial charge on any atom is 0.278 e. The van der Waals surface area contributed by atoms with Gasteiger partial charge in [-0.3, -0.25) is 14.5 Å². The minimum atomic E-state index is -0.471. The Bertz CT molecular complexity index is 1200. The Hall–Kier alpha value is -4.13. The van der Waals surface area contributed by atoms with Gasteiger partial charge in [-0.05, 0) is 54.4 Å². The number of benzene rings is 3. The zero-order valence-electron chi connectivity index (χ0n) is 18.3. The molecule has 0 aliphatic carbocycles. The average Bonchev–Trinajstić information content (AvgIpc) is 3.06. The summed E-state index contributed by atoms with van der Waals surface area (Å²) in [6.45, 7) is 2.39. The Morgan fingerprint density at radius 3 is 2.27 bits per heavy atom. The number of nitrogens with zero attached hydrogens (tertiary/aromatic N) is 1. The molecular weight excluding hydrogens is 423 g/mol. The van der Waals surface area contributed by atoms with Crippen molar-refractivity contribution < 1.29 is 23.5 Å². The number of para-hydroxylation sites is 2. The third-order valence-electron chi connectivity index (χ3n) is 5.25. The molecule has 1 aliphatic heterocycles. The molecule has 7 heteroatoms. The first-order chi connectivity index (χ1) is 16.0. The third-order valence-corrected chi connectivity index (χ3v) is 5.25. The number of methoxy groups -OCH3 is 1. The smallest absolute Gasteiger partial charge is 0.278 e. The Morgan fingerprint density at radius 1 is 0.909 bits per heavy atom. The van der Waals surface area contributed by atoms with Crippen molar-refractivity contribution in [3.8, 4) is 11.5 Å². The molecule has 1 heterocycles. The van der Waals surface area contributed by atoms with Crippen LogP contribution < -0.4 is 14.8 Å². The molecule has 1 aliphatic rings. The Labute approximate surface area is 191 Å². The minimum Gasteiger partial charge on any atom is -0.497 e. The van der Waals surface area contributed by atoms with Crippen molar-refractivity contribution in [1.29, 1.82) is 0 Å². The number of imide groups is 1. The zero-order valence-corrected chi connectivity index (χ0v) is 18.3. The normalized spacial score (nSPS) is 13.5. The molecule has 0 bridgehead atoms. The minimum absolute atomic E-state index is 0.0879. The predicted molar refractivity (Wildman–Crippen MR) is 123 cm³/mol. The maximum absolute atomic E-state index is 13.5. The van der Waals surface area contributed by atoms with Crippen molar-refractivity contribution in [2.24, 2.45) is 0 Å². The first-order valence-electron chi connectivity index (χ1n) is 10.5. The van der Waals surface area contributed by atoms with Gasteiger partial charge >= 0.3 is 0 Å². The number of carbonyl (C=O) groups is 2. The molecule has 0 radical (unpaired) electrons. The van der Waals surface area contributed by atoms with Crippen LogP contribution in [0.4, 0.5) is 10.1 Å². The van der Waals surface area contributed by atoms with E-state index in [0.717, 1.165) is 5.56 Å². The number of rotatable bonds is 8. The highest BCUT2D eigenvalue weighted by molar-refractivity contribution is 6.36. The van der Waals surface area contributed by atoms with Crippen LogP contribution in [0.15, 0.2) is 78.5 Å².